The molecule has 0 atom stereocenters. The molecule has 0 spiro atoms. The maximum absolute atomic E-state index is 13.3. The molecule has 4 N–H and O–H groups in total. The molecule has 2 aromatic carbocycles. The first-order chi connectivity index (χ1) is 10.2. The molecule has 0 aliphatic carbocycles. The van der Waals surface area contributed by atoms with Gasteiger partial charge in [0.05, 0.1) is 4.90 Å². The summed E-state index contributed by atoms with van der Waals surface area (Å²) in [6.45, 7) is 1.77. The van der Waals surface area contributed by atoms with Crippen molar-refractivity contribution < 1.29 is 12.8 Å². The number of nitrogens with two attached hydrogens (primary N) is 1. The van der Waals surface area contributed by atoms with Crippen molar-refractivity contribution in [2.45, 2.75) is 11.8 Å². The molecule has 0 aromatic heterocycles. The Bertz CT molecular complexity index is 785. The number of halogens is 1. The van der Waals surface area contributed by atoms with Crippen molar-refractivity contribution in [1.29, 1.82) is 0 Å². The van der Waals surface area contributed by atoms with Crippen LogP contribution < -0.4 is 15.8 Å². The third kappa shape index (κ3) is 4.48. The number of rotatable bonds is 3. The smallest absolute Gasteiger partial charge is 0.238 e. The summed E-state index contributed by atoms with van der Waals surface area (Å²) in [5.41, 5.74) is 1.87. The first kappa shape index (κ1) is 16.3. The third-order valence-corrected chi connectivity index (χ3v) is 3.87. The molecule has 2 aromatic rings. The van der Waals surface area contributed by atoms with Crippen molar-refractivity contribution in [2.24, 2.45) is 5.14 Å². The van der Waals surface area contributed by atoms with Crippen molar-refractivity contribution in [3.63, 3.8) is 0 Å². The number of aryl methyl sites for hydroxylation is 1. The number of hydrogen-bond donors (Lipinski definition) is 3. The van der Waals surface area contributed by atoms with Crippen LogP contribution in [-0.2, 0) is 10.0 Å². The molecule has 0 aliphatic heterocycles. The zero-order valence-corrected chi connectivity index (χ0v) is 13.3. The number of anilines is 2. The summed E-state index contributed by atoms with van der Waals surface area (Å²) in [6.07, 6.45) is 0. The average molecular weight is 339 g/mol. The lowest BCUT2D eigenvalue weighted by Crippen LogP contribution is -2.19. The normalized spacial score (nSPS) is 11.0. The number of primary sulfonamides is 1. The van der Waals surface area contributed by atoms with E-state index < -0.39 is 10.0 Å². The maximum Gasteiger partial charge on any atom is 0.238 e. The van der Waals surface area contributed by atoms with Gasteiger partial charge in [0.15, 0.2) is 5.11 Å². The first-order valence-corrected chi connectivity index (χ1v) is 8.17. The van der Waals surface area contributed by atoms with E-state index in [9.17, 15) is 12.8 Å². The van der Waals surface area contributed by atoms with Crippen LogP contribution in [0.15, 0.2) is 47.4 Å². The molecule has 0 saturated heterocycles. The lowest BCUT2D eigenvalue weighted by Gasteiger charge is -2.11. The van der Waals surface area contributed by atoms with Crippen molar-refractivity contribution in [3.05, 3.63) is 53.8 Å². The maximum atomic E-state index is 13.3. The van der Waals surface area contributed by atoms with E-state index in [4.69, 9.17) is 17.4 Å². The second-order valence-corrected chi connectivity index (χ2v) is 6.64. The molecule has 0 heterocycles. The minimum absolute atomic E-state index is 0.0117. The van der Waals surface area contributed by atoms with Gasteiger partial charge < -0.3 is 10.6 Å². The molecule has 8 heteroatoms. The lowest BCUT2D eigenvalue weighted by molar-refractivity contribution is 0.598. The Kier molecular flexibility index (Phi) is 4.74. The highest BCUT2D eigenvalue weighted by molar-refractivity contribution is 7.89. The zero-order chi connectivity index (χ0) is 16.3. The van der Waals surface area contributed by atoms with Gasteiger partial charge in [0.1, 0.15) is 5.82 Å². The fraction of sp³-hybridized carbons (Fsp3) is 0.0714. The molecule has 0 bridgehead atoms. The first-order valence-electron chi connectivity index (χ1n) is 6.22. The Labute approximate surface area is 133 Å². The van der Waals surface area contributed by atoms with Crippen LogP contribution >= 0.6 is 12.2 Å². The van der Waals surface area contributed by atoms with Crippen LogP contribution in [-0.4, -0.2) is 13.5 Å². The molecule has 116 valence electrons. The van der Waals surface area contributed by atoms with Gasteiger partial charge in [-0.3, -0.25) is 0 Å². The van der Waals surface area contributed by atoms with Crippen molar-refractivity contribution in [2.75, 3.05) is 10.6 Å². The van der Waals surface area contributed by atoms with Crippen molar-refractivity contribution in [3.8, 4) is 0 Å². The molecule has 5 nitrogen and oxygen atoms in total. The largest absolute Gasteiger partial charge is 0.332 e. The van der Waals surface area contributed by atoms with Gasteiger partial charge >= 0.3 is 0 Å². The van der Waals surface area contributed by atoms with Crippen LogP contribution in [0, 0.1) is 12.7 Å². The van der Waals surface area contributed by atoms with Crippen LogP contribution in [0.2, 0.25) is 0 Å². The standard InChI is InChI=1S/C14H14FN3O2S2/c1-9-6-10(15)8-12(7-9)18-14(21)17-11-2-4-13(5-3-11)22(16,19)20/h2-8H,1H3,(H2,16,19,20)(H2,17,18,21). The predicted octanol–water partition coefficient (Wildman–Crippen LogP) is 2.59. The second kappa shape index (κ2) is 6.39. The number of hydrogen-bond acceptors (Lipinski definition) is 3. The number of nitrogens with one attached hydrogen (secondary N) is 2. The Morgan fingerprint density at radius 2 is 1.68 bits per heavy atom. The third-order valence-electron chi connectivity index (χ3n) is 2.74. The summed E-state index contributed by atoms with van der Waals surface area (Å²) in [4.78, 5) is 0.0117. The van der Waals surface area contributed by atoms with E-state index in [-0.39, 0.29) is 15.8 Å². The van der Waals surface area contributed by atoms with E-state index in [1.807, 2.05) is 0 Å². The summed E-state index contributed by atoms with van der Waals surface area (Å²) >= 11 is 5.12. The van der Waals surface area contributed by atoms with E-state index in [0.717, 1.165) is 5.56 Å². The Hall–Kier alpha value is -2.03. The Balaban J connectivity index is 2.06. The highest BCUT2D eigenvalue weighted by Crippen LogP contribution is 2.15. The summed E-state index contributed by atoms with van der Waals surface area (Å²) in [5.74, 6) is -0.359. The van der Waals surface area contributed by atoms with Gasteiger partial charge in [-0.25, -0.2) is 17.9 Å². The van der Waals surface area contributed by atoms with Crippen LogP contribution in [0.5, 0.6) is 0 Å². The van der Waals surface area contributed by atoms with Gasteiger partial charge in [0.25, 0.3) is 0 Å². The molecule has 0 saturated carbocycles. The monoisotopic (exact) mass is 339 g/mol. The fourth-order valence-corrected chi connectivity index (χ4v) is 2.58. The minimum Gasteiger partial charge on any atom is -0.332 e. The van der Waals surface area contributed by atoms with Crippen LogP contribution in [0.3, 0.4) is 0 Å². The SMILES string of the molecule is Cc1cc(F)cc(NC(=S)Nc2ccc(S(N)(=O)=O)cc2)c1. The van der Waals surface area contributed by atoms with Crippen molar-refractivity contribution in [1.82, 2.24) is 0 Å². The minimum atomic E-state index is -3.72. The van der Waals surface area contributed by atoms with Gasteiger partial charge in [-0.05, 0) is 67.2 Å². The quantitative estimate of drug-likeness (QED) is 0.749. The number of sulfonamides is 1. The summed E-state index contributed by atoms with van der Waals surface area (Å²) < 4.78 is 35.6. The molecule has 0 unspecified atom stereocenters. The van der Waals surface area contributed by atoms with Crippen LogP contribution in [0.25, 0.3) is 0 Å². The topological polar surface area (TPSA) is 84.2 Å². The summed E-state index contributed by atoms with van der Waals surface area (Å²) in [6, 6.07) is 10.3. The van der Waals surface area contributed by atoms with E-state index in [2.05, 4.69) is 10.6 Å². The summed E-state index contributed by atoms with van der Waals surface area (Å²) in [5, 5.41) is 11.0. The van der Waals surface area contributed by atoms with E-state index in [1.54, 1.807) is 13.0 Å². The zero-order valence-electron chi connectivity index (χ0n) is 11.6. The molecule has 0 amide bonds. The molecule has 0 aliphatic rings. The fourth-order valence-electron chi connectivity index (χ4n) is 1.83. The van der Waals surface area contributed by atoms with Gasteiger partial charge in [-0.1, -0.05) is 0 Å². The highest BCUT2D eigenvalue weighted by Gasteiger charge is 2.07. The molecule has 0 radical (unpaired) electrons. The number of thiocarbonyl (C=S) groups is 1. The average Bonchev–Trinajstić information content (AvgIpc) is 2.36. The van der Waals surface area contributed by atoms with Crippen molar-refractivity contribution >= 4 is 38.7 Å². The highest BCUT2D eigenvalue weighted by atomic mass is 32.2. The van der Waals surface area contributed by atoms with Crippen LogP contribution in [0.1, 0.15) is 5.56 Å². The lowest BCUT2D eigenvalue weighted by atomic mass is 10.2. The van der Waals surface area contributed by atoms with Gasteiger partial charge in [-0.15, -0.1) is 0 Å². The van der Waals surface area contributed by atoms with E-state index in [1.165, 1.54) is 36.4 Å². The Morgan fingerprint density at radius 1 is 1.09 bits per heavy atom. The van der Waals surface area contributed by atoms with Crippen LogP contribution in [0.4, 0.5) is 15.8 Å². The molecular formula is C14H14FN3O2S2. The molecule has 2 rings (SSSR count). The second-order valence-electron chi connectivity index (χ2n) is 4.67. The van der Waals surface area contributed by atoms with Gasteiger partial charge in [-0.2, -0.15) is 0 Å². The molecule has 22 heavy (non-hydrogen) atoms. The molecular weight excluding hydrogens is 325 g/mol. The predicted molar refractivity (Wildman–Crippen MR) is 88.8 cm³/mol. The van der Waals surface area contributed by atoms with E-state index >= 15 is 0 Å². The van der Waals surface area contributed by atoms with Gasteiger partial charge in [0.2, 0.25) is 10.0 Å². The van der Waals surface area contributed by atoms with Gasteiger partial charge in [0, 0.05) is 11.4 Å². The van der Waals surface area contributed by atoms with E-state index in [0.29, 0.717) is 11.4 Å². The molecule has 0 fully saturated rings. The number of benzene rings is 2. The Morgan fingerprint density at radius 3 is 2.23 bits per heavy atom. The summed E-state index contributed by atoms with van der Waals surface area (Å²) in [7, 11) is -3.72.